The minimum Gasteiger partial charge on any atom is -0.494 e. The molecule has 0 bridgehead atoms. The Morgan fingerprint density at radius 3 is 2.66 bits per heavy atom. The summed E-state index contributed by atoms with van der Waals surface area (Å²) in [5, 5.41) is 17.2. The number of aryl methyl sites for hydroxylation is 1. The number of carbonyl (C=O) groups is 1. The van der Waals surface area contributed by atoms with E-state index in [1.54, 1.807) is 48.4 Å². The van der Waals surface area contributed by atoms with Gasteiger partial charge in [0.2, 0.25) is 5.95 Å². The maximum absolute atomic E-state index is 12.0. The summed E-state index contributed by atoms with van der Waals surface area (Å²) in [5.41, 5.74) is 8.35. The number of aromatic carboxylic acids is 1. The molecule has 4 aromatic rings. The van der Waals surface area contributed by atoms with E-state index in [1.165, 1.54) is 19.5 Å². The number of anilines is 3. The summed E-state index contributed by atoms with van der Waals surface area (Å²) in [6.07, 6.45) is 5.96. The van der Waals surface area contributed by atoms with Gasteiger partial charge in [0.1, 0.15) is 11.9 Å². The first-order chi connectivity index (χ1) is 18.4. The monoisotopic (exact) mass is 513 g/mol. The zero-order valence-corrected chi connectivity index (χ0v) is 21.1. The van der Waals surface area contributed by atoms with Crippen LogP contribution in [0.5, 0.6) is 5.75 Å². The maximum atomic E-state index is 12.0. The highest BCUT2D eigenvalue weighted by molar-refractivity contribution is 5.94. The van der Waals surface area contributed by atoms with Crippen molar-refractivity contribution < 1.29 is 14.6 Å². The van der Waals surface area contributed by atoms with Gasteiger partial charge >= 0.3 is 5.97 Å². The zero-order valence-electron chi connectivity index (χ0n) is 21.1. The van der Waals surface area contributed by atoms with Crippen molar-refractivity contribution in [2.45, 2.75) is 0 Å². The van der Waals surface area contributed by atoms with Crippen LogP contribution in [-0.2, 0) is 7.05 Å². The first-order valence-electron chi connectivity index (χ1n) is 11.5. The molecule has 194 valence electrons. The number of aromatic nitrogens is 5. The molecule has 38 heavy (non-hydrogen) atoms. The minimum absolute atomic E-state index is 0.0926. The Labute approximate surface area is 219 Å². The average Bonchev–Trinajstić information content (AvgIpc) is 3.37. The van der Waals surface area contributed by atoms with E-state index in [2.05, 4.69) is 30.4 Å². The number of ether oxygens (including phenoxy) is 1. The van der Waals surface area contributed by atoms with Crippen LogP contribution in [0.2, 0.25) is 0 Å². The SMILES string of the molecule is COc1c(Nc2nc(N(C)C/C(C=Nc3ccccc3)=C/N)ncc2C(=O)O)cccc1-c1ncn(C)n1. The van der Waals surface area contributed by atoms with Crippen LogP contribution in [0.15, 0.2) is 77.8 Å². The van der Waals surface area contributed by atoms with Crippen molar-refractivity contribution in [1.29, 1.82) is 0 Å². The molecule has 0 atom stereocenters. The summed E-state index contributed by atoms with van der Waals surface area (Å²) in [6, 6.07) is 14.8. The number of nitrogens with one attached hydrogen (secondary N) is 1. The van der Waals surface area contributed by atoms with Gasteiger partial charge in [0.05, 0.1) is 24.0 Å². The first-order valence-corrected chi connectivity index (χ1v) is 11.5. The molecule has 0 aliphatic heterocycles. The molecule has 0 aliphatic rings. The van der Waals surface area contributed by atoms with Gasteiger partial charge in [-0.05, 0) is 24.3 Å². The number of carboxylic acids is 1. The second kappa shape index (κ2) is 11.6. The van der Waals surface area contributed by atoms with Crippen molar-refractivity contribution in [2.24, 2.45) is 17.8 Å². The van der Waals surface area contributed by atoms with Crippen molar-refractivity contribution in [3.05, 3.63) is 78.4 Å². The van der Waals surface area contributed by atoms with Crippen LogP contribution in [0.25, 0.3) is 11.4 Å². The molecule has 4 rings (SSSR count). The molecule has 0 saturated carbocycles. The number of hydrogen-bond donors (Lipinski definition) is 3. The number of nitrogens with zero attached hydrogens (tertiary/aromatic N) is 7. The summed E-state index contributed by atoms with van der Waals surface area (Å²) in [7, 11) is 5.05. The lowest BCUT2D eigenvalue weighted by molar-refractivity contribution is 0.0697. The van der Waals surface area contributed by atoms with Crippen LogP contribution >= 0.6 is 0 Å². The van der Waals surface area contributed by atoms with Gasteiger partial charge in [-0.2, -0.15) is 10.1 Å². The molecule has 0 aliphatic carbocycles. The second-order valence-corrected chi connectivity index (χ2v) is 8.18. The Kier molecular flexibility index (Phi) is 7.92. The van der Waals surface area contributed by atoms with E-state index in [1.807, 2.05) is 36.4 Å². The lowest BCUT2D eigenvalue weighted by atomic mass is 10.1. The Morgan fingerprint density at radius 2 is 2.00 bits per heavy atom. The normalized spacial score (nSPS) is 11.5. The number of likely N-dealkylation sites (N-methyl/N-ethyl adjacent to an activating group) is 1. The van der Waals surface area contributed by atoms with E-state index in [9.17, 15) is 9.90 Å². The van der Waals surface area contributed by atoms with Crippen LogP contribution in [0.1, 0.15) is 10.4 Å². The molecule has 12 heteroatoms. The summed E-state index contributed by atoms with van der Waals surface area (Å²) < 4.78 is 7.21. The van der Waals surface area contributed by atoms with Gasteiger partial charge in [0, 0.05) is 44.8 Å². The van der Waals surface area contributed by atoms with Crippen LogP contribution < -0.4 is 20.7 Å². The average molecular weight is 514 g/mol. The number of rotatable bonds is 10. The first kappa shape index (κ1) is 25.8. The standard InChI is InChI=1S/C26H27N9O3/c1-34(15-17(12-27)13-28-18-8-5-4-6-9-18)26-29-14-20(25(36)37)24(32-26)31-21-11-7-10-19(22(21)38-3)23-30-16-35(2)33-23/h4-14,16H,15,27H2,1-3H3,(H,36,37)(H,29,31,32)/b17-12+,28-13?. The van der Waals surface area contributed by atoms with Crippen LogP contribution in [0.3, 0.4) is 0 Å². The molecular formula is C26H27N9O3. The Hall–Kier alpha value is -5.26. The van der Waals surface area contributed by atoms with E-state index in [0.717, 1.165) is 5.69 Å². The number of carboxylic acid groups (broad SMARTS) is 1. The van der Waals surface area contributed by atoms with Crippen molar-refractivity contribution in [3.8, 4) is 17.1 Å². The third-order valence-electron chi connectivity index (χ3n) is 5.43. The molecule has 12 nitrogen and oxygen atoms in total. The molecule has 0 fully saturated rings. The fourth-order valence-electron chi connectivity index (χ4n) is 3.58. The quantitative estimate of drug-likeness (QED) is 0.268. The van der Waals surface area contributed by atoms with Gasteiger partial charge < -0.3 is 25.8 Å². The predicted octanol–water partition coefficient (Wildman–Crippen LogP) is 3.40. The second-order valence-electron chi connectivity index (χ2n) is 8.18. The van der Waals surface area contributed by atoms with E-state index in [4.69, 9.17) is 10.5 Å². The van der Waals surface area contributed by atoms with Gasteiger partial charge in [-0.1, -0.05) is 24.3 Å². The molecule has 0 unspecified atom stereocenters. The van der Waals surface area contributed by atoms with Crippen molar-refractivity contribution in [3.63, 3.8) is 0 Å². The topological polar surface area (TPSA) is 157 Å². The fraction of sp³-hybridized carbons (Fsp3) is 0.154. The molecule has 0 spiro atoms. The lowest BCUT2D eigenvalue weighted by Crippen LogP contribution is -2.24. The van der Waals surface area contributed by atoms with Crippen molar-refractivity contribution in [2.75, 3.05) is 30.9 Å². The maximum Gasteiger partial charge on any atom is 0.341 e. The van der Waals surface area contributed by atoms with Crippen LogP contribution in [-0.4, -0.2) is 62.7 Å². The third-order valence-corrected chi connectivity index (χ3v) is 5.43. The van der Waals surface area contributed by atoms with Gasteiger partial charge in [0.15, 0.2) is 17.4 Å². The Morgan fingerprint density at radius 1 is 1.21 bits per heavy atom. The highest BCUT2D eigenvalue weighted by atomic mass is 16.5. The Bertz CT molecular complexity index is 1480. The van der Waals surface area contributed by atoms with Crippen LogP contribution in [0, 0.1) is 0 Å². The summed E-state index contributed by atoms with van der Waals surface area (Å²) in [5.74, 6) is 0.101. The Balaban J connectivity index is 1.62. The van der Waals surface area contributed by atoms with E-state index in [0.29, 0.717) is 34.9 Å². The van der Waals surface area contributed by atoms with Gasteiger partial charge in [-0.25, -0.2) is 14.8 Å². The number of para-hydroxylation sites is 2. The number of nitrogens with two attached hydrogens (primary N) is 1. The summed E-state index contributed by atoms with van der Waals surface area (Å²) in [4.78, 5) is 31.1. The molecule has 0 amide bonds. The number of aliphatic imine (C=N–C) groups is 1. The number of hydrogen-bond acceptors (Lipinski definition) is 10. The molecule has 2 aromatic carbocycles. The van der Waals surface area contributed by atoms with Gasteiger partial charge in [-0.3, -0.25) is 9.67 Å². The number of methoxy groups -OCH3 is 1. The van der Waals surface area contributed by atoms with Gasteiger partial charge in [-0.15, -0.1) is 0 Å². The van der Waals surface area contributed by atoms with Crippen molar-refractivity contribution in [1.82, 2.24) is 24.7 Å². The van der Waals surface area contributed by atoms with E-state index < -0.39 is 5.97 Å². The van der Waals surface area contributed by atoms with E-state index in [-0.39, 0.29) is 17.3 Å². The fourth-order valence-corrected chi connectivity index (χ4v) is 3.58. The zero-order chi connectivity index (χ0) is 27.1. The molecule has 2 heterocycles. The number of benzene rings is 2. The molecule has 2 aromatic heterocycles. The molecule has 4 N–H and O–H groups in total. The smallest absolute Gasteiger partial charge is 0.341 e. The third kappa shape index (κ3) is 5.93. The predicted molar refractivity (Wildman–Crippen MR) is 145 cm³/mol. The minimum atomic E-state index is -1.18. The summed E-state index contributed by atoms with van der Waals surface area (Å²) in [6.45, 7) is 0.336. The summed E-state index contributed by atoms with van der Waals surface area (Å²) >= 11 is 0. The van der Waals surface area contributed by atoms with E-state index >= 15 is 0 Å². The molecular weight excluding hydrogens is 486 g/mol. The van der Waals surface area contributed by atoms with Gasteiger partial charge in [0.25, 0.3) is 0 Å². The van der Waals surface area contributed by atoms with Crippen LogP contribution in [0.4, 0.5) is 23.1 Å². The van der Waals surface area contributed by atoms with Crippen molar-refractivity contribution >= 4 is 35.3 Å². The lowest BCUT2D eigenvalue weighted by Gasteiger charge is -2.19. The highest BCUT2D eigenvalue weighted by Crippen LogP contribution is 2.36. The largest absolute Gasteiger partial charge is 0.494 e. The molecule has 0 saturated heterocycles. The molecule has 0 radical (unpaired) electrons. The highest BCUT2D eigenvalue weighted by Gasteiger charge is 2.20.